The van der Waals surface area contributed by atoms with E-state index in [1.165, 1.54) is 101 Å². The van der Waals surface area contributed by atoms with Crippen molar-refractivity contribution in [1.29, 1.82) is 0 Å². The van der Waals surface area contributed by atoms with Gasteiger partial charge in [0.15, 0.2) is 0 Å². The highest BCUT2D eigenvalue weighted by atomic mass is 32.1. The number of para-hydroxylation sites is 2. The summed E-state index contributed by atoms with van der Waals surface area (Å²) in [4.78, 5) is 7.71. The van der Waals surface area contributed by atoms with Crippen LogP contribution in [0, 0.1) is 0 Å². The average Bonchev–Trinajstić information content (AvgIpc) is 3.69. The lowest BCUT2D eigenvalue weighted by Gasteiger charge is -2.45. The van der Waals surface area contributed by atoms with Crippen molar-refractivity contribution in [3.8, 4) is 0 Å². The van der Waals surface area contributed by atoms with Crippen LogP contribution in [0.4, 0.5) is 51.2 Å². The largest absolute Gasteiger partial charge is 0.311 e. The van der Waals surface area contributed by atoms with Crippen LogP contribution in [0.3, 0.4) is 0 Å². The summed E-state index contributed by atoms with van der Waals surface area (Å²) in [5, 5.41) is 1.33. The van der Waals surface area contributed by atoms with E-state index in [9.17, 15) is 0 Å². The quantitative estimate of drug-likeness (QED) is 0.159. The van der Waals surface area contributed by atoms with Gasteiger partial charge in [0.05, 0.1) is 5.69 Å². The molecule has 69 heavy (non-hydrogen) atoms. The van der Waals surface area contributed by atoms with Gasteiger partial charge in [0.2, 0.25) is 0 Å². The number of anilines is 9. The predicted molar refractivity (Wildman–Crippen MR) is 302 cm³/mol. The summed E-state index contributed by atoms with van der Waals surface area (Å²) in [6.45, 7) is 30.9. The SMILES string of the molecule is CC(C)(C)c1ccc(N2c3cc(N(c4ccccc4)c4ccccc4)ccc3B3c4sc5cc(C(C)(C)C)ccc5c4N(c4ccc5c(c4)C(C)(C)CCC5(C)C)c4cc(C(C)(C)C)cc2c43)cc1. The standard InChI is InChI=1S/C64H68BN3S/c1-60(2,3)41-24-27-46(28-25-41)67-53-40-48(66(44-20-16-14-17-21-44)45-22-18-15-19-23-45)30-33-52(53)65-57-54(67)36-43(62(7,8)9)37-55(57)68(47-29-32-50-51(39-47)64(12,13)35-34-63(50,10)11)58-49-31-26-42(61(4,5)6)38-56(49)69-59(58)65/h14-33,36-40H,34-35H2,1-13H3. The Hall–Kier alpha value is -6.04. The minimum Gasteiger partial charge on any atom is -0.311 e. The van der Waals surface area contributed by atoms with E-state index < -0.39 is 0 Å². The Labute approximate surface area is 416 Å². The molecular weight excluding hydrogens is 854 g/mol. The van der Waals surface area contributed by atoms with Crippen LogP contribution in [0.5, 0.6) is 0 Å². The van der Waals surface area contributed by atoms with Gasteiger partial charge in [0, 0.05) is 60.4 Å². The number of rotatable bonds is 5. The van der Waals surface area contributed by atoms with Gasteiger partial charge in [-0.05, 0) is 158 Å². The number of thiophene rings is 1. The van der Waals surface area contributed by atoms with E-state index in [0.717, 1.165) is 17.1 Å². The lowest BCUT2D eigenvalue weighted by molar-refractivity contribution is 0.332. The molecule has 0 atom stereocenters. The summed E-state index contributed by atoms with van der Waals surface area (Å²) in [6.07, 6.45) is 2.36. The average molecular weight is 922 g/mol. The molecule has 3 aliphatic rings. The van der Waals surface area contributed by atoms with Gasteiger partial charge in [-0.15, -0.1) is 11.3 Å². The Morgan fingerprint density at radius 3 is 1.62 bits per heavy atom. The van der Waals surface area contributed by atoms with Crippen LogP contribution < -0.4 is 30.4 Å². The van der Waals surface area contributed by atoms with Gasteiger partial charge in [0.25, 0.3) is 6.71 Å². The van der Waals surface area contributed by atoms with Crippen LogP contribution in [-0.2, 0) is 27.1 Å². The third-order valence-corrected chi connectivity index (χ3v) is 17.0. The zero-order valence-corrected chi connectivity index (χ0v) is 44.0. The van der Waals surface area contributed by atoms with Crippen molar-refractivity contribution in [2.24, 2.45) is 0 Å². The minimum atomic E-state index is -0.130. The van der Waals surface area contributed by atoms with Crippen LogP contribution in [0.2, 0.25) is 0 Å². The van der Waals surface area contributed by atoms with Gasteiger partial charge >= 0.3 is 0 Å². The third kappa shape index (κ3) is 7.53. The van der Waals surface area contributed by atoms with E-state index in [4.69, 9.17) is 0 Å². The second kappa shape index (κ2) is 15.7. The molecule has 0 unspecified atom stereocenters. The first kappa shape index (κ1) is 45.4. The molecule has 8 aromatic rings. The Kier molecular flexibility index (Phi) is 10.4. The van der Waals surface area contributed by atoms with Gasteiger partial charge in [0.1, 0.15) is 0 Å². The molecule has 0 spiro atoms. The van der Waals surface area contributed by atoms with E-state index in [0.29, 0.717) is 0 Å². The van der Waals surface area contributed by atoms with Crippen LogP contribution in [0.15, 0.2) is 152 Å². The maximum atomic E-state index is 2.69. The Balaban J connectivity index is 1.25. The van der Waals surface area contributed by atoms with Crippen LogP contribution >= 0.6 is 11.3 Å². The van der Waals surface area contributed by atoms with Crippen molar-refractivity contribution < 1.29 is 0 Å². The first-order valence-electron chi connectivity index (χ1n) is 25.3. The summed E-state index contributed by atoms with van der Waals surface area (Å²) in [6, 6.07) is 58.4. The van der Waals surface area contributed by atoms with Gasteiger partial charge < -0.3 is 14.7 Å². The molecule has 0 radical (unpaired) electrons. The van der Waals surface area contributed by atoms with E-state index in [-0.39, 0.29) is 33.8 Å². The molecule has 0 N–H and O–H groups in total. The highest BCUT2D eigenvalue weighted by Gasteiger charge is 2.47. The van der Waals surface area contributed by atoms with Crippen molar-refractivity contribution in [2.75, 3.05) is 14.7 Å². The summed E-state index contributed by atoms with van der Waals surface area (Å²) in [5.41, 5.74) is 20.7. The van der Waals surface area contributed by atoms with Gasteiger partial charge in [-0.3, -0.25) is 0 Å². The van der Waals surface area contributed by atoms with Crippen molar-refractivity contribution in [3.05, 3.63) is 179 Å². The number of fused-ring (bicyclic) bond motifs is 7. The number of benzene rings is 7. The van der Waals surface area contributed by atoms with Gasteiger partial charge in [-0.2, -0.15) is 0 Å². The highest BCUT2D eigenvalue weighted by molar-refractivity contribution is 7.33. The van der Waals surface area contributed by atoms with Gasteiger partial charge in [-0.1, -0.05) is 163 Å². The van der Waals surface area contributed by atoms with Crippen molar-refractivity contribution >= 4 is 95.0 Å². The first-order chi connectivity index (χ1) is 32.6. The topological polar surface area (TPSA) is 9.72 Å². The minimum absolute atomic E-state index is 0.00908. The molecule has 2 aliphatic heterocycles. The number of hydrogen-bond acceptors (Lipinski definition) is 4. The van der Waals surface area contributed by atoms with Crippen molar-refractivity contribution in [3.63, 3.8) is 0 Å². The van der Waals surface area contributed by atoms with Crippen LogP contribution in [0.25, 0.3) is 10.1 Å². The summed E-state index contributed by atoms with van der Waals surface area (Å²) in [5.74, 6) is 0. The summed E-state index contributed by atoms with van der Waals surface area (Å²) < 4.78 is 2.75. The zero-order chi connectivity index (χ0) is 48.6. The monoisotopic (exact) mass is 922 g/mol. The smallest absolute Gasteiger partial charge is 0.264 e. The first-order valence-corrected chi connectivity index (χ1v) is 26.1. The zero-order valence-electron chi connectivity index (χ0n) is 43.2. The lowest BCUT2D eigenvalue weighted by atomic mass is 9.36. The molecule has 11 rings (SSSR count). The lowest BCUT2D eigenvalue weighted by Crippen LogP contribution is -2.60. The molecule has 3 nitrogen and oxygen atoms in total. The molecular formula is C64H68BN3S. The second-order valence-electron chi connectivity index (χ2n) is 24.6. The van der Waals surface area contributed by atoms with Crippen LogP contribution in [0.1, 0.15) is 131 Å². The van der Waals surface area contributed by atoms with Crippen molar-refractivity contribution in [1.82, 2.24) is 0 Å². The molecule has 0 saturated heterocycles. The highest BCUT2D eigenvalue weighted by Crippen LogP contribution is 2.53. The van der Waals surface area contributed by atoms with Crippen molar-refractivity contribution in [2.45, 2.75) is 130 Å². The predicted octanol–water partition coefficient (Wildman–Crippen LogP) is 16.7. The molecule has 348 valence electrons. The second-order valence-corrected chi connectivity index (χ2v) is 25.7. The fourth-order valence-electron chi connectivity index (χ4n) is 11.5. The molecule has 0 saturated carbocycles. The number of hydrogen-bond donors (Lipinski definition) is 0. The molecule has 1 aromatic heterocycles. The van der Waals surface area contributed by atoms with Crippen LogP contribution in [-0.4, -0.2) is 6.71 Å². The molecule has 0 bridgehead atoms. The molecule has 0 amide bonds. The van der Waals surface area contributed by atoms with E-state index in [2.05, 4.69) is 256 Å². The fraction of sp³-hybridized carbons (Fsp3) is 0.312. The Bertz CT molecular complexity index is 3250. The summed E-state index contributed by atoms with van der Waals surface area (Å²) in [7, 11) is 0. The van der Waals surface area contributed by atoms with E-state index >= 15 is 0 Å². The van der Waals surface area contributed by atoms with E-state index in [1.54, 1.807) is 0 Å². The molecule has 1 aliphatic carbocycles. The maximum absolute atomic E-state index is 2.69. The molecule has 5 heteroatoms. The summed E-state index contributed by atoms with van der Waals surface area (Å²) >= 11 is 2.00. The van der Waals surface area contributed by atoms with Gasteiger partial charge in [-0.25, -0.2) is 0 Å². The number of nitrogens with zero attached hydrogens (tertiary/aromatic N) is 3. The fourth-order valence-corrected chi connectivity index (χ4v) is 12.8. The van der Waals surface area contributed by atoms with E-state index in [1.807, 2.05) is 11.3 Å². The normalized spacial score (nSPS) is 15.9. The Morgan fingerprint density at radius 2 is 1.03 bits per heavy atom. The molecule has 3 heterocycles. The third-order valence-electron chi connectivity index (χ3n) is 15.8. The molecule has 7 aromatic carbocycles. The maximum Gasteiger partial charge on any atom is 0.264 e. The molecule has 0 fully saturated rings. The Morgan fingerprint density at radius 1 is 0.478 bits per heavy atom.